The average molecular weight is 738 g/mol. The molecule has 0 heterocycles. The van der Waals surface area contributed by atoms with E-state index in [1.54, 1.807) is 0 Å². The van der Waals surface area contributed by atoms with Crippen LogP contribution in [0.3, 0.4) is 0 Å². The van der Waals surface area contributed by atoms with Crippen molar-refractivity contribution in [1.29, 1.82) is 0 Å². The molecule has 0 radical (unpaired) electrons. The fourth-order valence-corrected chi connectivity index (χ4v) is 7.22. The van der Waals surface area contributed by atoms with E-state index >= 15 is 0 Å². The van der Waals surface area contributed by atoms with E-state index in [2.05, 4.69) is 39.5 Å². The molecule has 0 aromatic rings. The standard InChI is InChI=1S/C46H91NO5/c1-6-9-12-15-18-24-32-41-51-44(49)35-28-22-19-23-30-37-47(39-40-48)38-31-25-29-36-46(4,5)42-52-45(50)43(33-26-20-16-13-10-7-2)34-27-21-17-14-11-8-3/h43,48H,6-42H2,1-5H3. The van der Waals surface area contributed by atoms with Crippen molar-refractivity contribution in [1.82, 2.24) is 4.90 Å². The lowest BCUT2D eigenvalue weighted by Crippen LogP contribution is -2.29. The van der Waals surface area contributed by atoms with Crippen LogP contribution in [0.2, 0.25) is 0 Å². The van der Waals surface area contributed by atoms with Crippen molar-refractivity contribution in [2.24, 2.45) is 11.3 Å². The van der Waals surface area contributed by atoms with Gasteiger partial charge in [0.15, 0.2) is 0 Å². The van der Waals surface area contributed by atoms with E-state index in [1.807, 2.05) is 0 Å². The minimum Gasteiger partial charge on any atom is -0.466 e. The first-order chi connectivity index (χ1) is 25.3. The summed E-state index contributed by atoms with van der Waals surface area (Å²) in [5.74, 6) is 0.0843. The first kappa shape index (κ1) is 50.9. The second-order valence-corrected chi connectivity index (χ2v) is 16.8. The smallest absolute Gasteiger partial charge is 0.308 e. The molecule has 0 saturated heterocycles. The number of unbranched alkanes of at least 4 members (excludes halogenated alkanes) is 22. The maximum absolute atomic E-state index is 13.2. The third kappa shape index (κ3) is 34.6. The van der Waals surface area contributed by atoms with E-state index in [4.69, 9.17) is 9.47 Å². The Kier molecular flexibility index (Phi) is 37.3. The van der Waals surface area contributed by atoms with Crippen LogP contribution in [0.4, 0.5) is 0 Å². The van der Waals surface area contributed by atoms with E-state index in [0.717, 1.165) is 103 Å². The van der Waals surface area contributed by atoms with Crippen LogP contribution in [-0.2, 0) is 19.1 Å². The zero-order chi connectivity index (χ0) is 38.4. The van der Waals surface area contributed by atoms with Gasteiger partial charge in [-0.15, -0.1) is 0 Å². The summed E-state index contributed by atoms with van der Waals surface area (Å²) in [6, 6.07) is 0. The van der Waals surface area contributed by atoms with Gasteiger partial charge in [0.1, 0.15) is 0 Å². The van der Waals surface area contributed by atoms with Gasteiger partial charge in [0.05, 0.1) is 25.7 Å². The summed E-state index contributed by atoms with van der Waals surface area (Å²) in [4.78, 5) is 27.6. The Morgan fingerprint density at radius 1 is 0.538 bits per heavy atom. The number of rotatable bonds is 41. The maximum atomic E-state index is 13.2. The van der Waals surface area contributed by atoms with Crippen LogP contribution in [0.25, 0.3) is 0 Å². The molecule has 0 rings (SSSR count). The molecule has 0 bridgehead atoms. The fourth-order valence-electron chi connectivity index (χ4n) is 7.22. The van der Waals surface area contributed by atoms with Crippen LogP contribution in [0.15, 0.2) is 0 Å². The highest BCUT2D eigenvalue weighted by Gasteiger charge is 2.24. The van der Waals surface area contributed by atoms with Crippen molar-refractivity contribution >= 4 is 11.9 Å². The number of hydrogen-bond acceptors (Lipinski definition) is 6. The lowest BCUT2D eigenvalue weighted by molar-refractivity contribution is -0.152. The summed E-state index contributed by atoms with van der Waals surface area (Å²) in [5, 5.41) is 9.60. The van der Waals surface area contributed by atoms with Gasteiger partial charge in [-0.05, 0) is 63.5 Å². The quantitative estimate of drug-likeness (QED) is 0.0497. The molecular formula is C46H91NO5. The van der Waals surface area contributed by atoms with Gasteiger partial charge in [0.2, 0.25) is 0 Å². The molecule has 6 nitrogen and oxygen atoms in total. The summed E-state index contributed by atoms with van der Waals surface area (Å²) in [6.07, 6.45) is 36.3. The summed E-state index contributed by atoms with van der Waals surface area (Å²) >= 11 is 0. The summed E-state index contributed by atoms with van der Waals surface area (Å²) in [6.45, 7) is 15.4. The van der Waals surface area contributed by atoms with Gasteiger partial charge in [-0.25, -0.2) is 0 Å². The SMILES string of the molecule is CCCCCCCCCOC(=O)CCCCCCCN(CCO)CCCCCC(C)(C)COC(=O)C(CCCCCCCC)CCCCCCCC. The van der Waals surface area contributed by atoms with E-state index < -0.39 is 0 Å². The molecule has 0 unspecified atom stereocenters. The highest BCUT2D eigenvalue weighted by molar-refractivity contribution is 5.72. The molecular weight excluding hydrogens is 647 g/mol. The third-order valence-corrected chi connectivity index (χ3v) is 10.9. The van der Waals surface area contributed by atoms with Crippen molar-refractivity contribution in [2.45, 2.75) is 234 Å². The molecule has 1 N–H and O–H groups in total. The van der Waals surface area contributed by atoms with Crippen molar-refractivity contribution in [2.75, 3.05) is 39.5 Å². The Morgan fingerprint density at radius 2 is 0.981 bits per heavy atom. The van der Waals surface area contributed by atoms with Crippen LogP contribution in [0.5, 0.6) is 0 Å². The molecule has 0 fully saturated rings. The lowest BCUT2D eigenvalue weighted by atomic mass is 9.87. The first-order valence-corrected chi connectivity index (χ1v) is 22.9. The molecule has 0 aromatic heterocycles. The summed E-state index contributed by atoms with van der Waals surface area (Å²) in [7, 11) is 0. The van der Waals surface area contributed by atoms with Gasteiger partial charge >= 0.3 is 11.9 Å². The van der Waals surface area contributed by atoms with E-state index in [1.165, 1.54) is 109 Å². The predicted octanol–water partition coefficient (Wildman–Crippen LogP) is 13.2. The molecule has 0 spiro atoms. The van der Waals surface area contributed by atoms with Gasteiger partial charge in [0.25, 0.3) is 0 Å². The number of aliphatic hydroxyl groups is 1. The number of carbonyl (C=O) groups is 2. The maximum Gasteiger partial charge on any atom is 0.308 e. The van der Waals surface area contributed by atoms with Crippen molar-refractivity contribution in [3.05, 3.63) is 0 Å². The summed E-state index contributed by atoms with van der Waals surface area (Å²) in [5.41, 5.74) is -0.00438. The number of esters is 2. The van der Waals surface area contributed by atoms with Crippen LogP contribution < -0.4 is 0 Å². The van der Waals surface area contributed by atoms with Crippen LogP contribution in [0.1, 0.15) is 234 Å². The number of hydrogen-bond donors (Lipinski definition) is 1. The Hall–Kier alpha value is -1.14. The largest absolute Gasteiger partial charge is 0.466 e. The Morgan fingerprint density at radius 3 is 1.50 bits per heavy atom. The topological polar surface area (TPSA) is 76.1 Å². The van der Waals surface area contributed by atoms with Gasteiger partial charge in [-0.3, -0.25) is 9.59 Å². The molecule has 310 valence electrons. The molecule has 0 amide bonds. The van der Waals surface area contributed by atoms with E-state index in [0.29, 0.717) is 19.6 Å². The van der Waals surface area contributed by atoms with E-state index in [-0.39, 0.29) is 29.9 Å². The normalized spacial score (nSPS) is 11.9. The van der Waals surface area contributed by atoms with Crippen LogP contribution in [0, 0.1) is 11.3 Å². The highest BCUT2D eigenvalue weighted by atomic mass is 16.5. The number of aliphatic hydroxyl groups excluding tert-OH is 1. The zero-order valence-electron chi connectivity index (χ0n) is 35.8. The third-order valence-electron chi connectivity index (χ3n) is 10.9. The zero-order valence-corrected chi connectivity index (χ0v) is 35.8. The van der Waals surface area contributed by atoms with Crippen molar-refractivity contribution in [3.8, 4) is 0 Å². The van der Waals surface area contributed by atoms with Gasteiger partial charge < -0.3 is 19.5 Å². The minimum atomic E-state index is -0.0317. The monoisotopic (exact) mass is 738 g/mol. The molecule has 52 heavy (non-hydrogen) atoms. The Bertz CT molecular complexity index is 756. The minimum absolute atomic E-state index is 0.00438. The molecule has 0 aliphatic rings. The van der Waals surface area contributed by atoms with Crippen LogP contribution >= 0.6 is 0 Å². The Labute approximate surface area is 324 Å². The van der Waals surface area contributed by atoms with E-state index in [9.17, 15) is 14.7 Å². The molecule has 0 saturated carbocycles. The van der Waals surface area contributed by atoms with Gasteiger partial charge in [0, 0.05) is 13.0 Å². The highest BCUT2D eigenvalue weighted by Crippen LogP contribution is 2.27. The Balaban J connectivity index is 4.18. The number of carbonyl (C=O) groups excluding carboxylic acids is 2. The lowest BCUT2D eigenvalue weighted by Gasteiger charge is -2.26. The van der Waals surface area contributed by atoms with Crippen molar-refractivity contribution < 1.29 is 24.2 Å². The van der Waals surface area contributed by atoms with Gasteiger partial charge in [-0.1, -0.05) is 182 Å². The number of ether oxygens (including phenoxy) is 2. The second-order valence-electron chi connectivity index (χ2n) is 16.8. The predicted molar refractivity (Wildman–Crippen MR) is 223 cm³/mol. The number of nitrogens with zero attached hydrogens (tertiary/aromatic N) is 1. The molecule has 0 atom stereocenters. The molecule has 6 heteroatoms. The first-order valence-electron chi connectivity index (χ1n) is 22.9. The van der Waals surface area contributed by atoms with Crippen LogP contribution in [-0.4, -0.2) is 61.4 Å². The summed E-state index contributed by atoms with van der Waals surface area (Å²) < 4.78 is 11.4. The second kappa shape index (κ2) is 38.1. The van der Waals surface area contributed by atoms with Crippen molar-refractivity contribution in [3.63, 3.8) is 0 Å². The fraction of sp³-hybridized carbons (Fsp3) is 0.957. The molecule has 0 aliphatic carbocycles. The molecule has 0 aliphatic heterocycles. The van der Waals surface area contributed by atoms with Gasteiger partial charge in [-0.2, -0.15) is 0 Å². The molecule has 0 aromatic carbocycles. The average Bonchev–Trinajstić information content (AvgIpc) is 3.13.